The normalized spacial score (nSPS) is 17.6. The fraction of sp³-hybridized carbons (Fsp3) is 0.667. The number of hydrogen-bond donors (Lipinski definition) is 2. The van der Waals surface area contributed by atoms with Crippen LogP contribution in [0.3, 0.4) is 0 Å². The third-order valence-corrected chi connectivity index (χ3v) is 6.32. The van der Waals surface area contributed by atoms with Gasteiger partial charge in [-0.1, -0.05) is 57.4 Å². The maximum absolute atomic E-state index is 11.7. The monoisotopic (exact) mass is 427 g/mol. The number of rotatable bonds is 8. The first-order valence-electron chi connectivity index (χ1n) is 11.5. The average Bonchev–Trinajstić information content (AvgIpc) is 3.22. The van der Waals surface area contributed by atoms with Gasteiger partial charge in [-0.25, -0.2) is 4.68 Å². The van der Waals surface area contributed by atoms with Crippen LogP contribution in [0.1, 0.15) is 102 Å². The lowest BCUT2D eigenvalue weighted by Crippen LogP contribution is -2.43. The van der Waals surface area contributed by atoms with E-state index in [9.17, 15) is 9.90 Å². The number of hydrogen-bond acceptors (Lipinski definition) is 5. The van der Waals surface area contributed by atoms with Crippen molar-refractivity contribution >= 4 is 5.97 Å². The van der Waals surface area contributed by atoms with Gasteiger partial charge in [-0.2, -0.15) is 0 Å². The number of benzene rings is 1. The van der Waals surface area contributed by atoms with Crippen molar-refractivity contribution in [2.45, 2.75) is 96.7 Å². The van der Waals surface area contributed by atoms with Crippen LogP contribution in [0.4, 0.5) is 0 Å². The first-order valence-corrected chi connectivity index (χ1v) is 11.5. The Morgan fingerprint density at radius 1 is 1.13 bits per heavy atom. The number of nitrogens with zero attached hydrogens (tertiary/aromatic N) is 4. The largest absolute Gasteiger partial charge is 0.481 e. The summed E-state index contributed by atoms with van der Waals surface area (Å²) < 4.78 is 1.85. The summed E-state index contributed by atoms with van der Waals surface area (Å²) in [6.07, 6.45) is 5.79. The fourth-order valence-electron chi connectivity index (χ4n) is 4.55. The number of carboxylic acid groups (broad SMARTS) is 1. The Balaban J connectivity index is 2.00. The minimum Gasteiger partial charge on any atom is -0.481 e. The van der Waals surface area contributed by atoms with Gasteiger partial charge in [-0.3, -0.25) is 10.1 Å². The number of nitrogens with one attached hydrogen (secondary N) is 1. The summed E-state index contributed by atoms with van der Waals surface area (Å²) in [5, 5.41) is 25.9. The molecule has 1 heterocycles. The van der Waals surface area contributed by atoms with E-state index in [1.165, 1.54) is 12.0 Å². The Bertz CT molecular complexity index is 848. The molecule has 1 aliphatic rings. The van der Waals surface area contributed by atoms with E-state index in [4.69, 9.17) is 0 Å². The van der Waals surface area contributed by atoms with Crippen molar-refractivity contribution in [3.8, 4) is 0 Å². The van der Waals surface area contributed by atoms with Crippen LogP contribution in [0.2, 0.25) is 0 Å². The van der Waals surface area contributed by atoms with E-state index in [-0.39, 0.29) is 24.0 Å². The first-order chi connectivity index (χ1) is 14.7. The van der Waals surface area contributed by atoms with Crippen molar-refractivity contribution in [1.82, 2.24) is 25.5 Å². The molecule has 0 radical (unpaired) electrons. The minimum absolute atomic E-state index is 0.0995. The molecule has 170 valence electrons. The van der Waals surface area contributed by atoms with Gasteiger partial charge in [-0.15, -0.1) is 5.10 Å². The zero-order valence-electron chi connectivity index (χ0n) is 19.5. The third-order valence-electron chi connectivity index (χ3n) is 6.32. The highest BCUT2D eigenvalue weighted by Crippen LogP contribution is 2.32. The molecule has 2 unspecified atom stereocenters. The molecule has 1 fully saturated rings. The molecular weight excluding hydrogens is 390 g/mol. The molecule has 0 saturated heterocycles. The highest BCUT2D eigenvalue weighted by Gasteiger charge is 2.33. The topological polar surface area (TPSA) is 92.9 Å². The minimum atomic E-state index is -0.771. The Hall–Kier alpha value is -2.28. The van der Waals surface area contributed by atoms with Crippen LogP contribution in [0.15, 0.2) is 24.3 Å². The predicted molar refractivity (Wildman–Crippen MR) is 121 cm³/mol. The zero-order chi connectivity index (χ0) is 22.6. The maximum atomic E-state index is 11.7. The fourth-order valence-corrected chi connectivity index (χ4v) is 4.55. The predicted octanol–water partition coefficient (Wildman–Crippen LogP) is 4.65. The lowest BCUT2D eigenvalue weighted by molar-refractivity contribution is -0.138. The van der Waals surface area contributed by atoms with E-state index in [2.05, 4.69) is 79.7 Å². The molecule has 2 aromatic rings. The molecule has 31 heavy (non-hydrogen) atoms. The van der Waals surface area contributed by atoms with E-state index in [0.29, 0.717) is 11.8 Å². The molecule has 0 bridgehead atoms. The quantitative estimate of drug-likeness (QED) is 0.637. The second-order valence-electron chi connectivity index (χ2n) is 10.1. The van der Waals surface area contributed by atoms with Gasteiger partial charge in [0.15, 0.2) is 5.82 Å². The molecule has 1 aromatic heterocycles. The van der Waals surface area contributed by atoms with Crippen molar-refractivity contribution in [2.75, 3.05) is 0 Å². The molecule has 1 aliphatic carbocycles. The molecule has 2 atom stereocenters. The summed E-state index contributed by atoms with van der Waals surface area (Å²) in [4.78, 5) is 11.7. The van der Waals surface area contributed by atoms with Crippen molar-refractivity contribution in [2.24, 2.45) is 5.92 Å². The van der Waals surface area contributed by atoms with E-state index in [0.717, 1.165) is 37.1 Å². The van der Waals surface area contributed by atoms with Crippen molar-refractivity contribution in [3.05, 3.63) is 41.2 Å². The summed E-state index contributed by atoms with van der Waals surface area (Å²) in [6, 6.07) is 8.12. The average molecular weight is 428 g/mol. The molecule has 1 aromatic carbocycles. The van der Waals surface area contributed by atoms with Crippen LogP contribution in [0, 0.1) is 5.92 Å². The molecule has 2 N–H and O–H groups in total. The second kappa shape index (κ2) is 9.90. The third kappa shape index (κ3) is 5.91. The summed E-state index contributed by atoms with van der Waals surface area (Å²) >= 11 is 0. The first kappa shape index (κ1) is 23.4. The highest BCUT2D eigenvalue weighted by molar-refractivity contribution is 5.67. The van der Waals surface area contributed by atoms with Gasteiger partial charge in [0.25, 0.3) is 0 Å². The Morgan fingerprint density at radius 2 is 1.74 bits per heavy atom. The van der Waals surface area contributed by atoms with Gasteiger partial charge in [0.2, 0.25) is 0 Å². The number of aliphatic carboxylic acids is 1. The molecule has 0 aliphatic heterocycles. The van der Waals surface area contributed by atoms with Crippen LogP contribution < -0.4 is 5.32 Å². The van der Waals surface area contributed by atoms with E-state index < -0.39 is 5.97 Å². The lowest BCUT2D eigenvalue weighted by atomic mass is 9.82. The van der Waals surface area contributed by atoms with Crippen molar-refractivity contribution in [3.63, 3.8) is 0 Å². The lowest BCUT2D eigenvalue weighted by Gasteiger charge is -2.34. The molecule has 3 rings (SSSR count). The molecule has 0 spiro atoms. The van der Waals surface area contributed by atoms with Crippen LogP contribution in [0.5, 0.6) is 0 Å². The van der Waals surface area contributed by atoms with Crippen LogP contribution in [0.25, 0.3) is 0 Å². The van der Waals surface area contributed by atoms with Crippen LogP contribution >= 0.6 is 0 Å². The number of carboxylic acids is 1. The molecular formula is C24H37N5O2. The van der Waals surface area contributed by atoms with Gasteiger partial charge in [0.05, 0.1) is 18.0 Å². The van der Waals surface area contributed by atoms with Crippen LogP contribution in [-0.2, 0) is 10.3 Å². The maximum Gasteiger partial charge on any atom is 0.304 e. The van der Waals surface area contributed by atoms with E-state index >= 15 is 0 Å². The molecule has 7 heteroatoms. The molecule has 1 saturated carbocycles. The summed E-state index contributed by atoms with van der Waals surface area (Å²) in [7, 11) is 0. The number of carbonyl (C=O) groups is 1. The van der Waals surface area contributed by atoms with E-state index in [1.807, 2.05) is 4.68 Å². The van der Waals surface area contributed by atoms with Gasteiger partial charge in [0, 0.05) is 6.04 Å². The van der Waals surface area contributed by atoms with Crippen molar-refractivity contribution in [1.29, 1.82) is 0 Å². The zero-order valence-corrected chi connectivity index (χ0v) is 19.5. The highest BCUT2D eigenvalue weighted by atomic mass is 16.4. The number of tetrazole rings is 1. The van der Waals surface area contributed by atoms with Gasteiger partial charge in [-0.05, 0) is 67.0 Å². The molecule has 7 nitrogen and oxygen atoms in total. The molecule has 0 amide bonds. The van der Waals surface area contributed by atoms with Crippen LogP contribution in [-0.4, -0.2) is 37.3 Å². The Labute approximate surface area is 185 Å². The Morgan fingerprint density at radius 3 is 2.29 bits per heavy atom. The van der Waals surface area contributed by atoms with E-state index in [1.54, 1.807) is 0 Å². The van der Waals surface area contributed by atoms with Crippen molar-refractivity contribution < 1.29 is 9.90 Å². The summed E-state index contributed by atoms with van der Waals surface area (Å²) in [5.74, 6) is 0.743. The number of aromatic nitrogens is 4. The summed E-state index contributed by atoms with van der Waals surface area (Å²) in [5.41, 5.74) is 2.03. The summed E-state index contributed by atoms with van der Waals surface area (Å²) in [6.45, 7) is 10.6. The van der Waals surface area contributed by atoms with Gasteiger partial charge >= 0.3 is 5.97 Å². The van der Waals surface area contributed by atoms with Gasteiger partial charge in [0.1, 0.15) is 0 Å². The second-order valence-corrected chi connectivity index (χ2v) is 10.1. The standard InChI is InChI=1S/C24H37N5O2/c1-16(2)17-11-13-19(14-12-17)22(23-26-27-28-29(23)24(3,4)5)25-20(15-21(30)31)18-9-7-6-8-10-18/h11-14,16,18,20,22,25H,6-10,15H2,1-5H3,(H,30,31). The Kier molecular flexibility index (Phi) is 7.46. The van der Waals surface area contributed by atoms with Gasteiger partial charge < -0.3 is 5.11 Å². The SMILES string of the molecule is CC(C)c1ccc(C(NC(CC(=O)O)C2CCCCC2)c2nnnn2C(C)(C)C)cc1. The smallest absolute Gasteiger partial charge is 0.304 e.